The second-order valence-corrected chi connectivity index (χ2v) is 6.46. The van der Waals surface area contributed by atoms with Crippen molar-refractivity contribution < 1.29 is 23.1 Å². The predicted octanol–water partition coefficient (Wildman–Crippen LogP) is -0.801. The lowest BCUT2D eigenvalue weighted by molar-refractivity contribution is 0.0690. The van der Waals surface area contributed by atoms with E-state index in [0.29, 0.717) is 6.61 Å². The van der Waals surface area contributed by atoms with E-state index in [0.717, 1.165) is 0 Å². The molecule has 20 heavy (non-hydrogen) atoms. The van der Waals surface area contributed by atoms with Gasteiger partial charge in [-0.25, -0.2) is 17.9 Å². The first-order valence-corrected chi connectivity index (χ1v) is 7.75. The van der Waals surface area contributed by atoms with Gasteiger partial charge in [0.2, 0.25) is 10.0 Å². The predicted molar refractivity (Wildman–Crippen MR) is 67.9 cm³/mol. The third-order valence-electron chi connectivity index (χ3n) is 3.02. The van der Waals surface area contributed by atoms with Crippen molar-refractivity contribution in [3.63, 3.8) is 0 Å². The van der Waals surface area contributed by atoms with Crippen molar-refractivity contribution >= 4 is 16.0 Å². The van der Waals surface area contributed by atoms with Crippen LogP contribution in [-0.4, -0.2) is 70.8 Å². The number of aromatic carboxylic acids is 1. The molecule has 2 heterocycles. The zero-order chi connectivity index (χ0) is 14.8. The number of carboxylic acid groups (broad SMARTS) is 1. The highest BCUT2D eigenvalue weighted by Crippen LogP contribution is 2.23. The Balaban J connectivity index is 1.88. The summed E-state index contributed by atoms with van der Waals surface area (Å²) < 4.78 is 31.5. The molecule has 10 heteroatoms. The van der Waals surface area contributed by atoms with Gasteiger partial charge in [0.15, 0.2) is 5.69 Å². The van der Waals surface area contributed by atoms with E-state index in [9.17, 15) is 13.2 Å². The molecule has 1 fully saturated rings. The van der Waals surface area contributed by atoms with Crippen LogP contribution in [0.2, 0.25) is 0 Å². The van der Waals surface area contributed by atoms with Crippen molar-refractivity contribution in [1.82, 2.24) is 19.3 Å². The van der Waals surface area contributed by atoms with Gasteiger partial charge in [-0.2, -0.15) is 4.31 Å². The molecule has 0 aliphatic carbocycles. The number of ether oxygens (including phenoxy) is 1. The number of sulfonamides is 1. The minimum atomic E-state index is -3.32. The minimum absolute atomic E-state index is 0.0503. The summed E-state index contributed by atoms with van der Waals surface area (Å²) >= 11 is 0. The normalized spacial score (nSPS) is 17.1. The van der Waals surface area contributed by atoms with Gasteiger partial charge >= 0.3 is 5.97 Å². The summed E-state index contributed by atoms with van der Waals surface area (Å²) in [6.45, 7) is 3.01. The highest BCUT2D eigenvalue weighted by atomic mass is 32.2. The van der Waals surface area contributed by atoms with Gasteiger partial charge in [0.05, 0.1) is 24.6 Å². The number of carboxylic acids is 1. The van der Waals surface area contributed by atoms with Crippen molar-refractivity contribution in [3.05, 3.63) is 11.9 Å². The number of hydrogen-bond donors (Lipinski definition) is 1. The molecule has 0 aromatic carbocycles. The van der Waals surface area contributed by atoms with Crippen LogP contribution < -0.4 is 0 Å². The molecule has 1 aliphatic heterocycles. The van der Waals surface area contributed by atoms with Gasteiger partial charge in [0, 0.05) is 19.7 Å². The first-order valence-electron chi connectivity index (χ1n) is 6.14. The molecule has 1 aromatic rings. The summed E-state index contributed by atoms with van der Waals surface area (Å²) in [5.74, 6) is -1.21. The lowest BCUT2D eigenvalue weighted by Gasteiger charge is -2.37. The van der Waals surface area contributed by atoms with E-state index < -0.39 is 16.0 Å². The molecule has 0 atom stereocenters. The molecular weight excluding hydrogens is 288 g/mol. The van der Waals surface area contributed by atoms with Crippen LogP contribution in [0.4, 0.5) is 0 Å². The lowest BCUT2D eigenvalue weighted by Crippen LogP contribution is -2.51. The zero-order valence-electron chi connectivity index (χ0n) is 11.0. The molecule has 1 aliphatic rings. The maximum Gasteiger partial charge on any atom is 0.358 e. The number of hydrogen-bond acceptors (Lipinski definition) is 6. The first-order chi connectivity index (χ1) is 9.44. The van der Waals surface area contributed by atoms with Gasteiger partial charge in [-0.1, -0.05) is 5.21 Å². The van der Waals surface area contributed by atoms with E-state index in [1.54, 1.807) is 6.92 Å². The molecule has 112 valence electrons. The van der Waals surface area contributed by atoms with E-state index in [1.165, 1.54) is 15.2 Å². The van der Waals surface area contributed by atoms with Gasteiger partial charge < -0.3 is 9.84 Å². The van der Waals surface area contributed by atoms with Crippen molar-refractivity contribution in [3.8, 4) is 0 Å². The Morgan fingerprint density at radius 2 is 2.25 bits per heavy atom. The summed E-state index contributed by atoms with van der Waals surface area (Å²) in [6, 6.07) is -0.169. The minimum Gasteiger partial charge on any atom is -0.476 e. The van der Waals surface area contributed by atoms with Crippen LogP contribution in [0.25, 0.3) is 0 Å². The zero-order valence-corrected chi connectivity index (χ0v) is 11.8. The molecular formula is C10H16N4O5S. The van der Waals surface area contributed by atoms with Crippen molar-refractivity contribution in [2.24, 2.45) is 0 Å². The van der Waals surface area contributed by atoms with Gasteiger partial charge in [-0.3, -0.25) is 0 Å². The molecule has 0 spiro atoms. The van der Waals surface area contributed by atoms with Crippen LogP contribution in [-0.2, 0) is 14.8 Å². The average Bonchev–Trinajstić information content (AvgIpc) is 2.76. The number of rotatable bonds is 7. The topological polar surface area (TPSA) is 115 Å². The molecule has 0 saturated carbocycles. The van der Waals surface area contributed by atoms with Crippen molar-refractivity contribution in [2.45, 2.75) is 13.0 Å². The van der Waals surface area contributed by atoms with E-state index in [-0.39, 0.29) is 37.2 Å². The van der Waals surface area contributed by atoms with Gasteiger partial charge in [0.1, 0.15) is 0 Å². The van der Waals surface area contributed by atoms with E-state index in [2.05, 4.69) is 10.3 Å². The summed E-state index contributed by atoms with van der Waals surface area (Å²) in [5.41, 5.74) is -0.150. The standard InChI is InChI=1S/C10H16N4O5S/c1-2-19-3-4-20(17,18)13-5-8(6-13)14-7-9(10(15)16)11-12-14/h7-8H,2-6H2,1H3,(H,15,16). The highest BCUT2D eigenvalue weighted by Gasteiger charge is 2.37. The van der Waals surface area contributed by atoms with Crippen LogP contribution in [0, 0.1) is 0 Å². The van der Waals surface area contributed by atoms with Crippen LogP contribution in [0.3, 0.4) is 0 Å². The summed E-state index contributed by atoms with van der Waals surface area (Å²) in [6.07, 6.45) is 1.30. The maximum atomic E-state index is 11.9. The molecule has 9 nitrogen and oxygen atoms in total. The van der Waals surface area contributed by atoms with E-state index in [4.69, 9.17) is 9.84 Å². The average molecular weight is 304 g/mol. The Hall–Kier alpha value is -1.52. The highest BCUT2D eigenvalue weighted by molar-refractivity contribution is 7.89. The lowest BCUT2D eigenvalue weighted by atomic mass is 10.2. The second-order valence-electron chi connectivity index (χ2n) is 4.37. The van der Waals surface area contributed by atoms with Gasteiger partial charge in [0.25, 0.3) is 0 Å². The Morgan fingerprint density at radius 3 is 2.80 bits per heavy atom. The van der Waals surface area contributed by atoms with Gasteiger partial charge in [-0.05, 0) is 6.92 Å². The molecule has 0 bridgehead atoms. The molecule has 1 N–H and O–H groups in total. The van der Waals surface area contributed by atoms with Crippen LogP contribution in [0.15, 0.2) is 6.20 Å². The molecule has 1 saturated heterocycles. The molecule has 0 radical (unpaired) electrons. The Morgan fingerprint density at radius 1 is 1.55 bits per heavy atom. The molecule has 1 aromatic heterocycles. The molecule has 0 amide bonds. The third kappa shape index (κ3) is 3.14. The summed E-state index contributed by atoms with van der Waals surface area (Å²) in [4.78, 5) is 10.7. The fourth-order valence-corrected chi connectivity index (χ4v) is 3.19. The SMILES string of the molecule is CCOCCS(=O)(=O)N1CC(n2cc(C(=O)O)nn2)C1. The second kappa shape index (κ2) is 5.85. The Labute approximate surface area is 116 Å². The van der Waals surface area contributed by atoms with Crippen LogP contribution in [0.1, 0.15) is 23.5 Å². The number of carbonyl (C=O) groups is 1. The van der Waals surface area contributed by atoms with Crippen LogP contribution in [0.5, 0.6) is 0 Å². The largest absolute Gasteiger partial charge is 0.476 e. The first kappa shape index (κ1) is 14.9. The number of aromatic nitrogens is 3. The maximum absolute atomic E-state index is 11.9. The third-order valence-corrected chi connectivity index (χ3v) is 4.78. The summed E-state index contributed by atoms with van der Waals surface area (Å²) in [5, 5.41) is 15.9. The van der Waals surface area contributed by atoms with Crippen molar-refractivity contribution in [1.29, 1.82) is 0 Å². The fraction of sp³-hybridized carbons (Fsp3) is 0.700. The smallest absolute Gasteiger partial charge is 0.358 e. The Bertz CT molecular complexity index is 578. The fourth-order valence-electron chi connectivity index (χ4n) is 1.80. The summed E-state index contributed by atoms with van der Waals surface area (Å²) in [7, 11) is -3.32. The van der Waals surface area contributed by atoms with Crippen molar-refractivity contribution in [2.75, 3.05) is 32.1 Å². The van der Waals surface area contributed by atoms with Gasteiger partial charge in [-0.15, -0.1) is 5.10 Å². The Kier molecular flexibility index (Phi) is 4.35. The van der Waals surface area contributed by atoms with E-state index >= 15 is 0 Å². The van der Waals surface area contributed by atoms with E-state index in [1.807, 2.05) is 0 Å². The molecule has 2 rings (SSSR count). The quantitative estimate of drug-likeness (QED) is 0.656. The molecule has 0 unspecified atom stereocenters. The van der Waals surface area contributed by atoms with Crippen LogP contribution >= 0.6 is 0 Å². The monoisotopic (exact) mass is 304 g/mol. The number of nitrogens with zero attached hydrogens (tertiary/aromatic N) is 4.